The van der Waals surface area contributed by atoms with Crippen molar-refractivity contribution in [2.75, 3.05) is 13.7 Å². The Morgan fingerprint density at radius 2 is 1.93 bits per heavy atom. The van der Waals surface area contributed by atoms with Crippen molar-refractivity contribution in [1.29, 1.82) is 0 Å². The maximum atomic E-state index is 5.58. The topological polar surface area (TPSA) is 27.7 Å². The first-order chi connectivity index (χ1) is 7.31. The molecule has 0 bridgehead atoms. The number of para-hydroxylation sites is 1. The van der Waals surface area contributed by atoms with Gasteiger partial charge >= 0.3 is 6.48 Å². The van der Waals surface area contributed by atoms with E-state index in [1.54, 1.807) is 7.11 Å². The molecular weight excluding hydrogens is 192 g/mol. The van der Waals surface area contributed by atoms with E-state index in [2.05, 4.69) is 6.92 Å². The highest BCUT2D eigenvalue weighted by Crippen LogP contribution is 2.20. The number of rotatable bonds is 6. The molecule has 0 saturated heterocycles. The first-order valence-electron chi connectivity index (χ1n) is 5.20. The zero-order valence-electron chi connectivity index (χ0n) is 9.53. The monoisotopic (exact) mass is 210 g/mol. The Labute approximate surface area is 91.0 Å². The van der Waals surface area contributed by atoms with Crippen LogP contribution in [0.2, 0.25) is 0 Å². The van der Waals surface area contributed by atoms with Crippen LogP contribution in [-0.4, -0.2) is 20.2 Å². The number of benzene rings is 1. The molecule has 0 spiro atoms. The molecule has 3 heteroatoms. The van der Waals surface area contributed by atoms with Gasteiger partial charge in [-0.3, -0.25) is 0 Å². The van der Waals surface area contributed by atoms with Crippen LogP contribution in [0.5, 0.6) is 5.75 Å². The van der Waals surface area contributed by atoms with E-state index >= 15 is 0 Å². The molecule has 0 aliphatic rings. The third-order valence-corrected chi connectivity index (χ3v) is 2.07. The maximum absolute atomic E-state index is 5.58. The Morgan fingerprint density at radius 3 is 2.53 bits per heavy atom. The van der Waals surface area contributed by atoms with Crippen LogP contribution in [0.1, 0.15) is 19.4 Å². The molecule has 1 aromatic rings. The fourth-order valence-corrected chi connectivity index (χ4v) is 1.30. The Kier molecular flexibility index (Phi) is 5.15. The molecular formula is C12H18O3. The van der Waals surface area contributed by atoms with Crippen LogP contribution in [0, 0.1) is 0 Å². The van der Waals surface area contributed by atoms with Gasteiger partial charge in [0.15, 0.2) is 0 Å². The van der Waals surface area contributed by atoms with Gasteiger partial charge in [-0.1, -0.05) is 25.1 Å². The predicted molar refractivity (Wildman–Crippen MR) is 58.9 cm³/mol. The summed E-state index contributed by atoms with van der Waals surface area (Å²) >= 11 is 0. The second kappa shape index (κ2) is 6.43. The molecule has 0 amide bonds. The van der Waals surface area contributed by atoms with Crippen LogP contribution in [0.4, 0.5) is 0 Å². The van der Waals surface area contributed by atoms with Gasteiger partial charge < -0.3 is 14.2 Å². The van der Waals surface area contributed by atoms with Crippen LogP contribution < -0.4 is 4.74 Å². The van der Waals surface area contributed by atoms with Crippen LogP contribution >= 0.6 is 0 Å². The summed E-state index contributed by atoms with van der Waals surface area (Å²) in [5.74, 6) is 0.820. The lowest BCUT2D eigenvalue weighted by Gasteiger charge is -2.18. The van der Waals surface area contributed by atoms with Crippen molar-refractivity contribution in [3.8, 4) is 5.75 Å². The zero-order valence-corrected chi connectivity index (χ0v) is 9.53. The van der Waals surface area contributed by atoms with Crippen molar-refractivity contribution < 1.29 is 14.2 Å². The van der Waals surface area contributed by atoms with E-state index in [1.165, 1.54) is 0 Å². The Bertz CT molecular complexity index is 286. The lowest BCUT2D eigenvalue weighted by molar-refractivity contribution is -0.231. The lowest BCUT2D eigenvalue weighted by Crippen LogP contribution is -2.23. The quantitative estimate of drug-likeness (QED) is 0.675. The molecule has 0 aliphatic carbocycles. The molecule has 0 aliphatic heterocycles. The van der Waals surface area contributed by atoms with Crippen molar-refractivity contribution >= 4 is 0 Å². The number of aryl methyl sites for hydroxylation is 1. The van der Waals surface area contributed by atoms with Gasteiger partial charge in [0.25, 0.3) is 0 Å². The minimum absolute atomic E-state index is 0.562. The van der Waals surface area contributed by atoms with Gasteiger partial charge in [-0.05, 0) is 25.0 Å². The third-order valence-electron chi connectivity index (χ3n) is 2.07. The molecule has 15 heavy (non-hydrogen) atoms. The highest BCUT2D eigenvalue weighted by molar-refractivity contribution is 5.33. The normalized spacial score (nSPS) is 12.5. The van der Waals surface area contributed by atoms with E-state index in [0.29, 0.717) is 6.61 Å². The average molecular weight is 210 g/mol. The molecule has 0 saturated carbocycles. The largest absolute Gasteiger partial charge is 0.441 e. The summed E-state index contributed by atoms with van der Waals surface area (Å²) in [6.45, 7) is 3.93. The van der Waals surface area contributed by atoms with Gasteiger partial charge in [0.2, 0.25) is 0 Å². The fraction of sp³-hybridized carbons (Fsp3) is 0.500. The minimum Gasteiger partial charge on any atom is -0.441 e. The second-order valence-electron chi connectivity index (χ2n) is 3.06. The minimum atomic E-state index is -0.623. The predicted octanol–water partition coefficient (Wildman–Crippen LogP) is 2.59. The lowest BCUT2D eigenvalue weighted by atomic mass is 10.1. The first-order valence-corrected chi connectivity index (χ1v) is 5.20. The van der Waals surface area contributed by atoms with Crippen molar-refractivity contribution in [3.63, 3.8) is 0 Å². The van der Waals surface area contributed by atoms with E-state index in [4.69, 9.17) is 14.2 Å². The number of hydrogen-bond acceptors (Lipinski definition) is 3. The van der Waals surface area contributed by atoms with Crippen LogP contribution in [-0.2, 0) is 15.9 Å². The summed E-state index contributed by atoms with van der Waals surface area (Å²) in [7, 11) is 1.56. The summed E-state index contributed by atoms with van der Waals surface area (Å²) in [6.07, 6.45) is 0.929. The molecule has 1 atom stereocenters. The van der Waals surface area contributed by atoms with E-state index in [-0.39, 0.29) is 0 Å². The molecule has 1 rings (SSSR count). The molecule has 0 fully saturated rings. The average Bonchev–Trinajstić information content (AvgIpc) is 2.29. The third kappa shape index (κ3) is 3.53. The van der Waals surface area contributed by atoms with Gasteiger partial charge in [0.1, 0.15) is 5.75 Å². The van der Waals surface area contributed by atoms with Crippen molar-refractivity contribution in [1.82, 2.24) is 0 Å². The number of methoxy groups -OCH3 is 1. The zero-order chi connectivity index (χ0) is 11.1. The second-order valence-corrected chi connectivity index (χ2v) is 3.06. The number of ether oxygens (including phenoxy) is 3. The molecule has 0 heterocycles. The molecule has 0 radical (unpaired) electrons. The number of hydrogen-bond donors (Lipinski definition) is 0. The van der Waals surface area contributed by atoms with Crippen LogP contribution in [0.3, 0.4) is 0 Å². The summed E-state index contributed by atoms with van der Waals surface area (Å²) in [6, 6.07) is 7.89. The van der Waals surface area contributed by atoms with Crippen molar-refractivity contribution in [2.45, 2.75) is 26.7 Å². The van der Waals surface area contributed by atoms with E-state index in [9.17, 15) is 0 Å². The van der Waals surface area contributed by atoms with Gasteiger partial charge in [-0.25, -0.2) is 0 Å². The van der Waals surface area contributed by atoms with Gasteiger partial charge in [0.05, 0.1) is 6.61 Å². The van der Waals surface area contributed by atoms with E-state index < -0.39 is 6.48 Å². The van der Waals surface area contributed by atoms with Gasteiger partial charge in [-0.15, -0.1) is 0 Å². The first kappa shape index (κ1) is 12.0. The summed E-state index contributed by atoms with van der Waals surface area (Å²) in [4.78, 5) is 0. The standard InChI is InChI=1S/C12H18O3/c1-4-10-8-6-7-9-11(10)15-12(13-3)14-5-2/h6-9,12H,4-5H2,1-3H3. The SMILES string of the molecule is CCOC(OC)Oc1ccccc1CC. The Hall–Kier alpha value is -1.06. The van der Waals surface area contributed by atoms with Crippen LogP contribution in [0.15, 0.2) is 24.3 Å². The molecule has 0 N–H and O–H groups in total. The van der Waals surface area contributed by atoms with Crippen molar-refractivity contribution in [2.24, 2.45) is 0 Å². The fourth-order valence-electron chi connectivity index (χ4n) is 1.30. The summed E-state index contributed by atoms with van der Waals surface area (Å²) < 4.78 is 15.9. The molecule has 1 unspecified atom stereocenters. The van der Waals surface area contributed by atoms with Crippen LogP contribution in [0.25, 0.3) is 0 Å². The Morgan fingerprint density at radius 1 is 1.20 bits per heavy atom. The Balaban J connectivity index is 2.69. The molecule has 1 aromatic carbocycles. The molecule has 84 valence electrons. The summed E-state index contributed by atoms with van der Waals surface area (Å²) in [5.41, 5.74) is 1.15. The van der Waals surface area contributed by atoms with Crippen molar-refractivity contribution in [3.05, 3.63) is 29.8 Å². The smallest absolute Gasteiger partial charge is 0.315 e. The van der Waals surface area contributed by atoms with E-state index in [0.717, 1.165) is 17.7 Å². The highest BCUT2D eigenvalue weighted by atomic mass is 16.8. The molecule has 0 aromatic heterocycles. The molecule has 3 nitrogen and oxygen atoms in total. The maximum Gasteiger partial charge on any atom is 0.315 e. The van der Waals surface area contributed by atoms with E-state index in [1.807, 2.05) is 31.2 Å². The highest BCUT2D eigenvalue weighted by Gasteiger charge is 2.10. The van der Waals surface area contributed by atoms with Gasteiger partial charge in [-0.2, -0.15) is 0 Å². The van der Waals surface area contributed by atoms with Gasteiger partial charge in [0, 0.05) is 7.11 Å². The summed E-state index contributed by atoms with van der Waals surface area (Å²) in [5, 5.41) is 0.